The first-order valence-electron chi connectivity index (χ1n) is 8.18. The predicted molar refractivity (Wildman–Crippen MR) is 99.9 cm³/mol. The van der Waals surface area contributed by atoms with Gasteiger partial charge < -0.3 is 10.6 Å². The summed E-state index contributed by atoms with van der Waals surface area (Å²) in [6.07, 6.45) is 1.48. The largest absolute Gasteiger partial charge is 0.326 e. The molecule has 7 nitrogen and oxygen atoms in total. The molecule has 0 bridgehead atoms. The van der Waals surface area contributed by atoms with Gasteiger partial charge in [0.2, 0.25) is 21.8 Å². The maximum atomic E-state index is 11.9. The van der Waals surface area contributed by atoms with Crippen LogP contribution < -0.4 is 15.4 Å². The van der Waals surface area contributed by atoms with Crippen molar-refractivity contribution in [2.75, 3.05) is 17.2 Å². The molecule has 0 radical (unpaired) electrons. The summed E-state index contributed by atoms with van der Waals surface area (Å²) in [5, 5.41) is 5.41. The number of rotatable bonds is 8. The van der Waals surface area contributed by atoms with Crippen molar-refractivity contribution in [3.63, 3.8) is 0 Å². The van der Waals surface area contributed by atoms with Gasteiger partial charge in [0.15, 0.2) is 0 Å². The van der Waals surface area contributed by atoms with Gasteiger partial charge in [0.1, 0.15) is 0 Å². The van der Waals surface area contributed by atoms with E-state index in [1.807, 2.05) is 0 Å². The Labute approximate surface area is 149 Å². The topological polar surface area (TPSA) is 104 Å². The Kier molecular flexibility index (Phi) is 7.57. The first-order chi connectivity index (χ1) is 11.5. The van der Waals surface area contributed by atoms with Crippen molar-refractivity contribution in [2.45, 2.75) is 51.7 Å². The van der Waals surface area contributed by atoms with Crippen LogP contribution in [0.25, 0.3) is 0 Å². The van der Waals surface area contributed by atoms with Crippen molar-refractivity contribution in [1.29, 1.82) is 0 Å². The SMILES string of the molecule is CC(=O)Nc1ccc(NC(=O)CCCCNS(=O)(=O)C(C)(C)C)cc1. The van der Waals surface area contributed by atoms with E-state index in [1.165, 1.54) is 6.92 Å². The molecule has 0 aromatic heterocycles. The first kappa shape index (κ1) is 21.1. The molecule has 0 unspecified atom stereocenters. The molecule has 2 amide bonds. The van der Waals surface area contributed by atoms with Crippen molar-refractivity contribution in [1.82, 2.24) is 4.72 Å². The second-order valence-electron chi connectivity index (χ2n) is 6.77. The number of amides is 2. The second kappa shape index (κ2) is 8.96. The van der Waals surface area contributed by atoms with Crippen molar-refractivity contribution in [2.24, 2.45) is 0 Å². The van der Waals surface area contributed by atoms with E-state index in [9.17, 15) is 18.0 Å². The quantitative estimate of drug-likeness (QED) is 0.612. The lowest BCUT2D eigenvalue weighted by Crippen LogP contribution is -2.39. The van der Waals surface area contributed by atoms with E-state index < -0.39 is 14.8 Å². The highest BCUT2D eigenvalue weighted by molar-refractivity contribution is 7.90. The number of carbonyl (C=O) groups excluding carboxylic acids is 2. The van der Waals surface area contributed by atoms with Gasteiger partial charge in [-0.3, -0.25) is 9.59 Å². The van der Waals surface area contributed by atoms with E-state index in [2.05, 4.69) is 15.4 Å². The summed E-state index contributed by atoms with van der Waals surface area (Å²) < 4.78 is 25.4. The summed E-state index contributed by atoms with van der Waals surface area (Å²) in [7, 11) is -3.34. The zero-order valence-corrected chi connectivity index (χ0v) is 16.0. The molecule has 140 valence electrons. The van der Waals surface area contributed by atoms with Crippen LogP contribution in [0.1, 0.15) is 47.0 Å². The minimum Gasteiger partial charge on any atom is -0.326 e. The molecule has 0 aliphatic rings. The third-order valence-electron chi connectivity index (χ3n) is 3.42. The third-order valence-corrected chi connectivity index (χ3v) is 5.61. The van der Waals surface area contributed by atoms with Crippen LogP contribution in [0.5, 0.6) is 0 Å². The zero-order chi connectivity index (χ0) is 19.1. The number of sulfonamides is 1. The van der Waals surface area contributed by atoms with Gasteiger partial charge >= 0.3 is 0 Å². The summed E-state index contributed by atoms with van der Waals surface area (Å²) in [5.74, 6) is -0.287. The van der Waals surface area contributed by atoms with Crippen molar-refractivity contribution in [3.8, 4) is 0 Å². The fourth-order valence-electron chi connectivity index (χ4n) is 1.90. The van der Waals surface area contributed by atoms with Gasteiger partial charge in [-0.2, -0.15) is 0 Å². The maximum absolute atomic E-state index is 11.9. The second-order valence-corrected chi connectivity index (χ2v) is 9.29. The molecule has 0 heterocycles. The molecule has 3 N–H and O–H groups in total. The van der Waals surface area contributed by atoms with E-state index in [1.54, 1.807) is 45.0 Å². The van der Waals surface area contributed by atoms with E-state index in [4.69, 9.17) is 0 Å². The van der Waals surface area contributed by atoms with Crippen LogP contribution in [0.3, 0.4) is 0 Å². The minimum absolute atomic E-state index is 0.133. The number of nitrogens with one attached hydrogen (secondary N) is 3. The van der Waals surface area contributed by atoms with E-state index >= 15 is 0 Å². The molecular weight excluding hydrogens is 342 g/mol. The molecule has 25 heavy (non-hydrogen) atoms. The van der Waals surface area contributed by atoms with Crippen LogP contribution in [0.4, 0.5) is 11.4 Å². The van der Waals surface area contributed by atoms with Crippen LogP contribution in [-0.2, 0) is 19.6 Å². The number of anilines is 2. The zero-order valence-electron chi connectivity index (χ0n) is 15.2. The summed E-state index contributed by atoms with van der Waals surface area (Å²) in [6.45, 7) is 6.66. The van der Waals surface area contributed by atoms with Gasteiger partial charge in [-0.15, -0.1) is 0 Å². The van der Waals surface area contributed by atoms with Crippen molar-refractivity contribution >= 4 is 33.2 Å². The Morgan fingerprint density at radius 1 is 0.960 bits per heavy atom. The summed E-state index contributed by atoms with van der Waals surface area (Å²) in [4.78, 5) is 22.8. The first-order valence-corrected chi connectivity index (χ1v) is 9.66. The van der Waals surface area contributed by atoms with Crippen LogP contribution >= 0.6 is 0 Å². The summed E-state index contributed by atoms with van der Waals surface area (Å²) >= 11 is 0. The van der Waals surface area contributed by atoms with Gasteiger partial charge in [-0.05, 0) is 57.9 Å². The van der Waals surface area contributed by atoms with Crippen molar-refractivity contribution < 1.29 is 18.0 Å². The molecule has 8 heteroatoms. The Bertz CT molecular complexity index is 692. The molecule has 0 saturated heterocycles. The third kappa shape index (κ3) is 7.66. The predicted octanol–water partition coefficient (Wildman–Crippen LogP) is 2.47. The smallest absolute Gasteiger partial charge is 0.224 e. The van der Waals surface area contributed by atoms with Crippen LogP contribution in [-0.4, -0.2) is 31.5 Å². The highest BCUT2D eigenvalue weighted by Crippen LogP contribution is 2.15. The van der Waals surface area contributed by atoms with Crippen molar-refractivity contribution in [3.05, 3.63) is 24.3 Å². The molecule has 0 spiro atoms. The van der Waals surface area contributed by atoms with Crippen LogP contribution in [0.2, 0.25) is 0 Å². The van der Waals surface area contributed by atoms with Gasteiger partial charge in [-0.1, -0.05) is 0 Å². The highest BCUT2D eigenvalue weighted by Gasteiger charge is 2.27. The molecule has 1 rings (SSSR count). The van der Waals surface area contributed by atoms with Gasteiger partial charge in [-0.25, -0.2) is 13.1 Å². The minimum atomic E-state index is -3.34. The standard InChI is InChI=1S/C17H27N3O4S/c1-13(21)19-14-8-10-15(11-9-14)20-16(22)7-5-6-12-18-25(23,24)17(2,3)4/h8-11,18H,5-7,12H2,1-4H3,(H,19,21)(H,20,22). The van der Waals surface area contributed by atoms with Gasteiger partial charge in [0.25, 0.3) is 0 Å². The highest BCUT2D eigenvalue weighted by atomic mass is 32.2. The van der Waals surface area contributed by atoms with Gasteiger partial charge in [0.05, 0.1) is 4.75 Å². The normalized spacial score (nSPS) is 11.8. The average Bonchev–Trinajstić information content (AvgIpc) is 2.47. The average molecular weight is 369 g/mol. The number of carbonyl (C=O) groups is 2. The number of unbranched alkanes of at least 4 members (excludes halogenated alkanes) is 1. The lowest BCUT2D eigenvalue weighted by Gasteiger charge is -2.19. The van der Waals surface area contributed by atoms with E-state index in [0.717, 1.165) is 0 Å². The molecule has 0 aliphatic carbocycles. The molecule has 0 atom stereocenters. The lowest BCUT2D eigenvalue weighted by molar-refractivity contribution is -0.116. The molecule has 0 fully saturated rings. The monoisotopic (exact) mass is 369 g/mol. The number of hydrogen-bond donors (Lipinski definition) is 3. The maximum Gasteiger partial charge on any atom is 0.224 e. The fraction of sp³-hybridized carbons (Fsp3) is 0.529. The fourth-order valence-corrected chi connectivity index (χ4v) is 2.74. The molecule has 0 aliphatic heterocycles. The van der Waals surface area contributed by atoms with E-state index in [-0.39, 0.29) is 11.8 Å². The summed E-state index contributed by atoms with van der Waals surface area (Å²) in [5.41, 5.74) is 1.31. The Balaban J connectivity index is 2.30. The molecule has 1 aromatic rings. The Hall–Kier alpha value is -1.93. The molecular formula is C17H27N3O4S. The molecule has 0 saturated carbocycles. The number of benzene rings is 1. The lowest BCUT2D eigenvalue weighted by atomic mass is 10.2. The Morgan fingerprint density at radius 2 is 1.48 bits per heavy atom. The van der Waals surface area contributed by atoms with Crippen LogP contribution in [0, 0.1) is 0 Å². The Morgan fingerprint density at radius 3 is 1.96 bits per heavy atom. The van der Waals surface area contributed by atoms with Gasteiger partial charge in [0, 0.05) is 31.3 Å². The molecule has 1 aromatic carbocycles. The number of hydrogen-bond acceptors (Lipinski definition) is 4. The summed E-state index contributed by atoms with van der Waals surface area (Å²) in [6, 6.07) is 6.83. The van der Waals surface area contributed by atoms with Crippen LogP contribution in [0.15, 0.2) is 24.3 Å². The van der Waals surface area contributed by atoms with E-state index in [0.29, 0.717) is 37.2 Å².